The van der Waals surface area contributed by atoms with E-state index in [4.69, 9.17) is 16.3 Å². The predicted octanol–water partition coefficient (Wildman–Crippen LogP) is 2.76. The third-order valence-electron chi connectivity index (χ3n) is 2.60. The lowest BCUT2D eigenvalue weighted by Gasteiger charge is -2.14. The highest BCUT2D eigenvalue weighted by Crippen LogP contribution is 2.11. The summed E-state index contributed by atoms with van der Waals surface area (Å²) in [4.78, 5) is 24.5. The second-order valence-electron chi connectivity index (χ2n) is 4.20. The first-order valence-corrected chi connectivity index (χ1v) is 6.75. The summed E-state index contributed by atoms with van der Waals surface area (Å²) in [5.74, 6) is -0.472. The van der Waals surface area contributed by atoms with Gasteiger partial charge < -0.3 is 9.64 Å². The van der Waals surface area contributed by atoms with E-state index in [9.17, 15) is 9.59 Å². The lowest BCUT2D eigenvalue weighted by atomic mass is 10.2. The van der Waals surface area contributed by atoms with Crippen LogP contribution in [0.2, 0.25) is 5.02 Å². The van der Waals surface area contributed by atoms with E-state index in [0.29, 0.717) is 18.2 Å². The van der Waals surface area contributed by atoms with Crippen LogP contribution >= 0.6 is 11.6 Å². The molecule has 0 saturated carbocycles. The number of rotatable bonds is 6. The monoisotopic (exact) mass is 295 g/mol. The molecule has 4 nitrogen and oxygen atoms in total. The summed E-state index contributed by atoms with van der Waals surface area (Å²) in [5, 5.41) is 0.621. The van der Waals surface area contributed by atoms with Crippen molar-refractivity contribution in [3.05, 3.63) is 40.9 Å². The first kappa shape index (κ1) is 16.2. The molecule has 5 heteroatoms. The Labute approximate surface area is 124 Å². The number of hydrogen-bond acceptors (Lipinski definition) is 3. The van der Waals surface area contributed by atoms with E-state index in [2.05, 4.69) is 0 Å². The molecule has 0 aliphatic heterocycles. The van der Waals surface area contributed by atoms with Crippen LogP contribution in [-0.4, -0.2) is 37.0 Å². The van der Waals surface area contributed by atoms with Crippen molar-refractivity contribution in [2.24, 2.45) is 0 Å². The molecule has 0 heterocycles. The summed E-state index contributed by atoms with van der Waals surface area (Å²) in [6, 6.07) is 7.21. The van der Waals surface area contributed by atoms with Gasteiger partial charge in [0.1, 0.15) is 0 Å². The molecule has 20 heavy (non-hydrogen) atoms. The molecule has 0 atom stereocenters. The van der Waals surface area contributed by atoms with Crippen molar-refractivity contribution in [2.45, 2.75) is 13.3 Å². The van der Waals surface area contributed by atoms with Crippen LogP contribution in [0.15, 0.2) is 30.3 Å². The molecule has 0 fully saturated rings. The fourth-order valence-corrected chi connectivity index (χ4v) is 1.71. The van der Waals surface area contributed by atoms with Gasteiger partial charge in [-0.25, -0.2) is 0 Å². The molecule has 1 amide bonds. The summed E-state index contributed by atoms with van der Waals surface area (Å²) in [7, 11) is 1.64. The van der Waals surface area contributed by atoms with Crippen molar-refractivity contribution in [1.29, 1.82) is 0 Å². The van der Waals surface area contributed by atoms with Crippen molar-refractivity contribution in [2.75, 3.05) is 20.2 Å². The summed E-state index contributed by atoms with van der Waals surface area (Å²) in [6.45, 7) is 2.43. The van der Waals surface area contributed by atoms with E-state index >= 15 is 0 Å². The number of hydrogen-bond donors (Lipinski definition) is 0. The molecule has 0 saturated heterocycles. The number of amides is 1. The van der Waals surface area contributed by atoms with Gasteiger partial charge in [0, 0.05) is 24.7 Å². The normalized spacial score (nSPS) is 10.6. The van der Waals surface area contributed by atoms with Gasteiger partial charge in [0.05, 0.1) is 13.0 Å². The SMILES string of the molecule is CCOC(=O)CCN(C)C(=O)C=Cc1cccc(Cl)c1. The molecular formula is C15H18ClNO3. The second kappa shape index (κ2) is 8.38. The smallest absolute Gasteiger partial charge is 0.307 e. The van der Waals surface area contributed by atoms with Crippen LogP contribution in [-0.2, 0) is 14.3 Å². The van der Waals surface area contributed by atoms with E-state index in [0.717, 1.165) is 5.56 Å². The average Bonchev–Trinajstić information content (AvgIpc) is 2.42. The highest BCUT2D eigenvalue weighted by Gasteiger charge is 2.08. The first-order valence-electron chi connectivity index (χ1n) is 6.37. The van der Waals surface area contributed by atoms with Crippen molar-refractivity contribution in [3.8, 4) is 0 Å². The number of likely N-dealkylation sites (N-methyl/N-ethyl adjacent to an activating group) is 1. The molecule has 0 aliphatic carbocycles. The number of nitrogens with zero attached hydrogens (tertiary/aromatic N) is 1. The van der Waals surface area contributed by atoms with E-state index in [-0.39, 0.29) is 18.3 Å². The minimum atomic E-state index is -0.300. The lowest BCUT2D eigenvalue weighted by Crippen LogP contribution is -2.27. The summed E-state index contributed by atoms with van der Waals surface area (Å²) in [6.07, 6.45) is 3.34. The topological polar surface area (TPSA) is 46.6 Å². The van der Waals surface area contributed by atoms with Gasteiger partial charge in [0.15, 0.2) is 0 Å². The minimum Gasteiger partial charge on any atom is -0.466 e. The zero-order valence-electron chi connectivity index (χ0n) is 11.6. The maximum atomic E-state index is 11.8. The second-order valence-corrected chi connectivity index (χ2v) is 4.64. The zero-order valence-corrected chi connectivity index (χ0v) is 12.4. The van der Waals surface area contributed by atoms with Crippen LogP contribution in [0.25, 0.3) is 6.08 Å². The Morgan fingerprint density at radius 1 is 1.40 bits per heavy atom. The van der Waals surface area contributed by atoms with Crippen molar-refractivity contribution in [1.82, 2.24) is 4.90 Å². The third-order valence-corrected chi connectivity index (χ3v) is 2.84. The van der Waals surface area contributed by atoms with Crippen LogP contribution in [0, 0.1) is 0 Å². The van der Waals surface area contributed by atoms with E-state index in [1.165, 1.54) is 11.0 Å². The molecular weight excluding hydrogens is 278 g/mol. The van der Waals surface area contributed by atoms with Gasteiger partial charge in [0.25, 0.3) is 0 Å². The number of esters is 1. The van der Waals surface area contributed by atoms with Crippen molar-refractivity contribution < 1.29 is 14.3 Å². The van der Waals surface area contributed by atoms with Gasteiger partial charge in [0.2, 0.25) is 5.91 Å². The van der Waals surface area contributed by atoms with Crippen LogP contribution in [0.4, 0.5) is 0 Å². The van der Waals surface area contributed by atoms with Crippen molar-refractivity contribution in [3.63, 3.8) is 0 Å². The largest absolute Gasteiger partial charge is 0.466 e. The fraction of sp³-hybridized carbons (Fsp3) is 0.333. The number of benzene rings is 1. The Morgan fingerprint density at radius 3 is 2.80 bits per heavy atom. The Kier molecular flexibility index (Phi) is 6.81. The molecule has 0 N–H and O–H groups in total. The molecule has 0 unspecified atom stereocenters. The molecule has 1 aromatic rings. The van der Waals surface area contributed by atoms with E-state index in [1.807, 2.05) is 12.1 Å². The first-order chi connectivity index (χ1) is 9.52. The molecule has 0 aromatic heterocycles. The van der Waals surface area contributed by atoms with Gasteiger partial charge in [-0.15, -0.1) is 0 Å². The predicted molar refractivity (Wildman–Crippen MR) is 79.4 cm³/mol. The quantitative estimate of drug-likeness (QED) is 0.599. The lowest BCUT2D eigenvalue weighted by molar-refractivity contribution is -0.143. The third kappa shape index (κ3) is 5.89. The Bertz CT molecular complexity index is 500. The standard InChI is InChI=1S/C15H18ClNO3/c1-3-20-15(19)9-10-17(2)14(18)8-7-12-5-4-6-13(16)11-12/h4-8,11H,3,9-10H2,1-2H3. The van der Waals surface area contributed by atoms with Crippen LogP contribution < -0.4 is 0 Å². The van der Waals surface area contributed by atoms with Gasteiger partial charge in [-0.2, -0.15) is 0 Å². The van der Waals surface area contributed by atoms with Crippen molar-refractivity contribution >= 4 is 29.6 Å². The molecule has 0 spiro atoms. The molecule has 1 aromatic carbocycles. The molecule has 0 bridgehead atoms. The molecule has 1 rings (SSSR count). The van der Waals surface area contributed by atoms with Gasteiger partial charge in [-0.05, 0) is 30.7 Å². The fourth-order valence-electron chi connectivity index (χ4n) is 1.51. The number of halogens is 1. The minimum absolute atomic E-state index is 0.172. The molecule has 0 aliphatic rings. The van der Waals surface area contributed by atoms with Gasteiger partial charge in [-0.3, -0.25) is 9.59 Å². The summed E-state index contributed by atoms with van der Waals surface area (Å²) in [5.41, 5.74) is 0.852. The highest BCUT2D eigenvalue weighted by molar-refractivity contribution is 6.30. The number of carbonyl (C=O) groups excluding carboxylic acids is 2. The highest BCUT2D eigenvalue weighted by atomic mass is 35.5. The summed E-state index contributed by atoms with van der Waals surface area (Å²) >= 11 is 5.86. The van der Waals surface area contributed by atoms with E-state index in [1.54, 1.807) is 32.2 Å². The number of ether oxygens (including phenoxy) is 1. The maximum absolute atomic E-state index is 11.8. The Hall–Kier alpha value is -1.81. The maximum Gasteiger partial charge on any atom is 0.307 e. The Morgan fingerprint density at radius 2 is 2.15 bits per heavy atom. The van der Waals surface area contributed by atoms with Crippen LogP contribution in [0.3, 0.4) is 0 Å². The Balaban J connectivity index is 2.47. The van der Waals surface area contributed by atoms with Gasteiger partial charge in [-0.1, -0.05) is 23.7 Å². The average molecular weight is 296 g/mol. The zero-order chi connectivity index (χ0) is 15.0. The van der Waals surface area contributed by atoms with Crippen LogP contribution in [0.1, 0.15) is 18.9 Å². The molecule has 108 valence electrons. The van der Waals surface area contributed by atoms with Gasteiger partial charge >= 0.3 is 5.97 Å². The number of carbonyl (C=O) groups is 2. The summed E-state index contributed by atoms with van der Waals surface area (Å²) < 4.78 is 4.80. The molecule has 0 radical (unpaired) electrons. The van der Waals surface area contributed by atoms with E-state index < -0.39 is 0 Å². The van der Waals surface area contributed by atoms with Crippen LogP contribution in [0.5, 0.6) is 0 Å².